The zero-order valence-corrected chi connectivity index (χ0v) is 14.5. The lowest BCUT2D eigenvalue weighted by molar-refractivity contribution is 0.256. The molecule has 19 heavy (non-hydrogen) atoms. The van der Waals surface area contributed by atoms with Gasteiger partial charge in [-0.2, -0.15) is 0 Å². The number of rotatable bonds is 13. The molecule has 0 saturated heterocycles. The van der Waals surface area contributed by atoms with Gasteiger partial charge in [-0.1, -0.05) is 98.8 Å². The minimum absolute atomic E-state index is 0.876. The zero-order chi connectivity index (χ0) is 14.5. The van der Waals surface area contributed by atoms with E-state index in [0.717, 1.165) is 17.8 Å². The topological polar surface area (TPSA) is 0 Å². The first kappa shape index (κ1) is 19.0. The second-order valence-corrected chi connectivity index (χ2v) is 6.86. The maximum atomic E-state index is 2.43. The third-order valence-corrected chi connectivity index (χ3v) is 4.80. The van der Waals surface area contributed by atoms with Crippen LogP contribution in [0, 0.1) is 17.8 Å². The molecule has 0 spiro atoms. The second-order valence-electron chi connectivity index (χ2n) is 6.86. The Bertz CT molecular complexity index is 171. The van der Waals surface area contributed by atoms with Crippen LogP contribution in [0.4, 0.5) is 0 Å². The average molecular weight is 269 g/mol. The fraction of sp³-hybridized carbons (Fsp3) is 1.00. The molecule has 0 saturated carbocycles. The van der Waals surface area contributed by atoms with Crippen molar-refractivity contribution in [1.82, 2.24) is 0 Å². The van der Waals surface area contributed by atoms with E-state index >= 15 is 0 Å². The van der Waals surface area contributed by atoms with E-state index < -0.39 is 0 Å². The molecule has 0 heteroatoms. The van der Waals surface area contributed by atoms with Gasteiger partial charge in [0.15, 0.2) is 0 Å². The molecule has 0 aromatic heterocycles. The van der Waals surface area contributed by atoms with Crippen LogP contribution in [0.15, 0.2) is 0 Å². The largest absolute Gasteiger partial charge is 0.0654 e. The maximum absolute atomic E-state index is 2.43. The molecule has 0 aliphatic heterocycles. The third kappa shape index (κ3) is 10.4. The van der Waals surface area contributed by atoms with Crippen LogP contribution in [-0.4, -0.2) is 0 Å². The summed E-state index contributed by atoms with van der Waals surface area (Å²) in [5, 5.41) is 0. The predicted molar refractivity (Wildman–Crippen MR) is 89.6 cm³/mol. The lowest BCUT2D eigenvalue weighted by Gasteiger charge is -2.26. The summed E-state index contributed by atoms with van der Waals surface area (Å²) < 4.78 is 0. The lowest BCUT2D eigenvalue weighted by atomic mass is 9.80. The molecule has 0 aromatic carbocycles. The van der Waals surface area contributed by atoms with Crippen molar-refractivity contribution in [2.45, 2.75) is 105 Å². The minimum Gasteiger partial charge on any atom is -0.0654 e. The Hall–Kier alpha value is 0. The average Bonchev–Trinajstić information content (AvgIpc) is 2.40. The molecule has 0 rings (SSSR count). The first-order valence-electron chi connectivity index (χ1n) is 9.15. The van der Waals surface area contributed by atoms with E-state index in [0.29, 0.717) is 0 Å². The van der Waals surface area contributed by atoms with Gasteiger partial charge in [0, 0.05) is 0 Å². The Balaban J connectivity index is 3.98. The van der Waals surface area contributed by atoms with E-state index in [1.165, 1.54) is 70.6 Å². The molecule has 0 amide bonds. The molecule has 0 bridgehead atoms. The Morgan fingerprint density at radius 2 is 1.26 bits per heavy atom. The molecule has 0 aliphatic carbocycles. The second kappa shape index (κ2) is 13.0. The van der Waals surface area contributed by atoms with Crippen LogP contribution in [0.5, 0.6) is 0 Å². The molecule has 0 aliphatic rings. The van der Waals surface area contributed by atoms with Crippen molar-refractivity contribution in [2.24, 2.45) is 17.8 Å². The van der Waals surface area contributed by atoms with Crippen LogP contribution in [0.3, 0.4) is 0 Å². The molecular weight excluding hydrogens is 228 g/mol. The van der Waals surface area contributed by atoms with E-state index in [4.69, 9.17) is 0 Å². The first-order valence-corrected chi connectivity index (χ1v) is 9.15. The van der Waals surface area contributed by atoms with Crippen LogP contribution < -0.4 is 0 Å². The van der Waals surface area contributed by atoms with Gasteiger partial charge in [-0.3, -0.25) is 0 Å². The van der Waals surface area contributed by atoms with Gasteiger partial charge in [0.05, 0.1) is 0 Å². The summed E-state index contributed by atoms with van der Waals surface area (Å²) in [5.41, 5.74) is 0. The van der Waals surface area contributed by atoms with Crippen molar-refractivity contribution < 1.29 is 0 Å². The molecule has 0 radical (unpaired) electrons. The van der Waals surface area contributed by atoms with Crippen molar-refractivity contribution in [2.75, 3.05) is 0 Å². The van der Waals surface area contributed by atoms with Crippen LogP contribution in [0.25, 0.3) is 0 Å². The summed E-state index contributed by atoms with van der Waals surface area (Å²) in [6.07, 6.45) is 15.8. The summed E-state index contributed by atoms with van der Waals surface area (Å²) in [5.74, 6) is 2.84. The standard InChI is InChI=1S/C19H40/c1-6-9-11-13-14-18(8-3)16-19(17(4)5)15-12-10-7-2/h17-19H,6-16H2,1-5H3. The minimum atomic E-state index is 0.876. The van der Waals surface area contributed by atoms with Crippen molar-refractivity contribution in [1.29, 1.82) is 0 Å². The maximum Gasteiger partial charge on any atom is -0.0388 e. The van der Waals surface area contributed by atoms with Crippen LogP contribution in [0.2, 0.25) is 0 Å². The van der Waals surface area contributed by atoms with Crippen LogP contribution in [0.1, 0.15) is 105 Å². The van der Waals surface area contributed by atoms with E-state index in [-0.39, 0.29) is 0 Å². The highest BCUT2D eigenvalue weighted by Crippen LogP contribution is 2.30. The fourth-order valence-electron chi connectivity index (χ4n) is 3.16. The van der Waals surface area contributed by atoms with E-state index in [1.807, 2.05) is 0 Å². The van der Waals surface area contributed by atoms with Gasteiger partial charge >= 0.3 is 0 Å². The summed E-state index contributed by atoms with van der Waals surface area (Å²) in [4.78, 5) is 0. The molecule has 0 aromatic rings. The number of hydrogen-bond acceptors (Lipinski definition) is 0. The Morgan fingerprint density at radius 1 is 0.684 bits per heavy atom. The van der Waals surface area contributed by atoms with Gasteiger partial charge in [0.25, 0.3) is 0 Å². The van der Waals surface area contributed by atoms with Gasteiger partial charge in [0.1, 0.15) is 0 Å². The Labute approximate surface area is 123 Å². The first-order chi connectivity index (χ1) is 9.15. The predicted octanol–water partition coefficient (Wildman–Crippen LogP) is 7.23. The smallest absolute Gasteiger partial charge is 0.0388 e. The highest BCUT2D eigenvalue weighted by atomic mass is 14.2. The molecule has 2 unspecified atom stereocenters. The van der Waals surface area contributed by atoms with Gasteiger partial charge in [0.2, 0.25) is 0 Å². The van der Waals surface area contributed by atoms with Crippen molar-refractivity contribution in [3.8, 4) is 0 Å². The highest BCUT2D eigenvalue weighted by molar-refractivity contribution is 4.69. The SMILES string of the molecule is CCCCCCC(CC)CC(CCCCC)C(C)C. The molecule has 0 N–H and O–H groups in total. The van der Waals surface area contributed by atoms with E-state index in [2.05, 4.69) is 34.6 Å². The van der Waals surface area contributed by atoms with Gasteiger partial charge in [-0.15, -0.1) is 0 Å². The molecule has 0 fully saturated rings. The summed E-state index contributed by atoms with van der Waals surface area (Å²) in [6, 6.07) is 0. The normalized spacial score (nSPS) is 14.8. The third-order valence-electron chi connectivity index (χ3n) is 4.80. The van der Waals surface area contributed by atoms with Crippen molar-refractivity contribution in [3.05, 3.63) is 0 Å². The molecule has 0 heterocycles. The Morgan fingerprint density at radius 3 is 1.79 bits per heavy atom. The molecule has 0 nitrogen and oxygen atoms in total. The van der Waals surface area contributed by atoms with E-state index in [9.17, 15) is 0 Å². The van der Waals surface area contributed by atoms with Crippen molar-refractivity contribution >= 4 is 0 Å². The summed E-state index contributed by atoms with van der Waals surface area (Å²) >= 11 is 0. The van der Waals surface area contributed by atoms with Gasteiger partial charge < -0.3 is 0 Å². The summed E-state index contributed by atoms with van der Waals surface area (Å²) in [6.45, 7) is 11.9. The number of unbranched alkanes of at least 4 members (excludes halogenated alkanes) is 5. The number of hydrogen-bond donors (Lipinski definition) is 0. The zero-order valence-electron chi connectivity index (χ0n) is 14.5. The van der Waals surface area contributed by atoms with Crippen LogP contribution in [-0.2, 0) is 0 Å². The van der Waals surface area contributed by atoms with Gasteiger partial charge in [-0.05, 0) is 24.2 Å². The van der Waals surface area contributed by atoms with Crippen LogP contribution >= 0.6 is 0 Å². The highest BCUT2D eigenvalue weighted by Gasteiger charge is 2.17. The van der Waals surface area contributed by atoms with Crippen molar-refractivity contribution in [3.63, 3.8) is 0 Å². The van der Waals surface area contributed by atoms with Gasteiger partial charge in [-0.25, -0.2) is 0 Å². The quantitative estimate of drug-likeness (QED) is 0.309. The molecular formula is C19H40. The lowest BCUT2D eigenvalue weighted by Crippen LogP contribution is -2.14. The molecule has 116 valence electrons. The van der Waals surface area contributed by atoms with E-state index in [1.54, 1.807) is 0 Å². The Kier molecular flexibility index (Phi) is 13.0. The molecule has 2 atom stereocenters. The monoisotopic (exact) mass is 268 g/mol. The fourth-order valence-corrected chi connectivity index (χ4v) is 3.16. The summed E-state index contributed by atoms with van der Waals surface area (Å²) in [7, 11) is 0.